The number of aliphatic hydroxyl groups is 1. The predicted molar refractivity (Wildman–Crippen MR) is 151 cm³/mol. The number of ether oxygens (including phenoxy) is 1. The summed E-state index contributed by atoms with van der Waals surface area (Å²) in [4.78, 5) is 24.0. The molecule has 0 saturated heterocycles. The second kappa shape index (κ2) is 14.4. The molecular formula is C31H40O5S. The summed E-state index contributed by atoms with van der Waals surface area (Å²) in [5, 5.41) is 11.9. The molecule has 0 fully saturated rings. The fraction of sp³-hybridized carbons (Fsp3) is 0.484. The Hall–Kier alpha value is -2.57. The standard InChI is InChI=1S/C31H40O5S/c1-4-6-7-8-9-10-11-12-23-13-15-24(16-14-23)22-31(34,19-5-2)37-25-17-18-26-27(32)21-29(30(33)35-3)36-28(26)20-25/h13-18,20-21,34H,4-12,19,22H2,1-3H3/t31-/m0/s1. The molecule has 5 nitrogen and oxygen atoms in total. The number of fused-ring (bicyclic) bond motifs is 1. The van der Waals surface area contributed by atoms with Crippen LogP contribution in [0.3, 0.4) is 0 Å². The maximum atomic E-state index is 12.4. The molecule has 0 radical (unpaired) electrons. The van der Waals surface area contributed by atoms with Gasteiger partial charge in [-0.1, -0.05) is 94.8 Å². The van der Waals surface area contributed by atoms with Crippen LogP contribution in [0.25, 0.3) is 11.0 Å². The summed E-state index contributed by atoms with van der Waals surface area (Å²) >= 11 is 1.36. The highest BCUT2D eigenvalue weighted by atomic mass is 32.2. The molecule has 0 spiro atoms. The molecule has 200 valence electrons. The number of methoxy groups -OCH3 is 1. The van der Waals surface area contributed by atoms with Gasteiger partial charge in [0.25, 0.3) is 0 Å². The lowest BCUT2D eigenvalue weighted by molar-refractivity contribution is 0.0565. The van der Waals surface area contributed by atoms with E-state index in [0.29, 0.717) is 23.8 Å². The van der Waals surface area contributed by atoms with Gasteiger partial charge >= 0.3 is 5.97 Å². The van der Waals surface area contributed by atoms with E-state index < -0.39 is 10.9 Å². The van der Waals surface area contributed by atoms with Gasteiger partial charge in [-0.2, -0.15) is 0 Å². The van der Waals surface area contributed by atoms with E-state index in [2.05, 4.69) is 42.8 Å². The molecule has 0 amide bonds. The average Bonchev–Trinajstić information content (AvgIpc) is 2.88. The third-order valence-corrected chi connectivity index (χ3v) is 7.83. The highest BCUT2D eigenvalue weighted by Gasteiger charge is 2.28. The first-order chi connectivity index (χ1) is 17.9. The first kappa shape index (κ1) is 29.0. The van der Waals surface area contributed by atoms with Crippen LogP contribution in [0, 0.1) is 0 Å². The van der Waals surface area contributed by atoms with Gasteiger partial charge in [0.05, 0.1) is 12.5 Å². The van der Waals surface area contributed by atoms with Crippen molar-refractivity contribution >= 4 is 28.7 Å². The van der Waals surface area contributed by atoms with Crippen LogP contribution in [-0.4, -0.2) is 23.1 Å². The van der Waals surface area contributed by atoms with Crippen LogP contribution in [-0.2, 0) is 17.6 Å². The summed E-state index contributed by atoms with van der Waals surface area (Å²) < 4.78 is 10.3. The molecule has 3 aromatic rings. The third-order valence-electron chi connectivity index (χ3n) is 6.61. The Morgan fingerprint density at radius 2 is 1.59 bits per heavy atom. The molecule has 1 atom stereocenters. The van der Waals surface area contributed by atoms with Crippen molar-refractivity contribution in [3.8, 4) is 0 Å². The minimum Gasteiger partial charge on any atom is -0.463 e. The highest BCUT2D eigenvalue weighted by Crippen LogP contribution is 2.38. The lowest BCUT2D eigenvalue weighted by Gasteiger charge is -2.27. The molecule has 0 bridgehead atoms. The number of esters is 1. The lowest BCUT2D eigenvalue weighted by atomic mass is 10.00. The van der Waals surface area contributed by atoms with Gasteiger partial charge in [0.1, 0.15) is 10.5 Å². The Labute approximate surface area is 224 Å². The zero-order chi connectivity index (χ0) is 26.7. The second-order valence-corrected chi connectivity index (χ2v) is 11.2. The average molecular weight is 525 g/mol. The second-order valence-electron chi connectivity index (χ2n) is 9.79. The molecule has 0 unspecified atom stereocenters. The molecule has 1 N–H and O–H groups in total. The number of benzene rings is 2. The van der Waals surface area contributed by atoms with Crippen molar-refractivity contribution in [2.45, 2.75) is 94.3 Å². The first-order valence-corrected chi connectivity index (χ1v) is 14.3. The van der Waals surface area contributed by atoms with E-state index in [1.54, 1.807) is 12.1 Å². The van der Waals surface area contributed by atoms with Crippen molar-refractivity contribution in [2.75, 3.05) is 7.11 Å². The highest BCUT2D eigenvalue weighted by molar-refractivity contribution is 8.00. The number of thioether (sulfide) groups is 1. The van der Waals surface area contributed by atoms with Crippen LogP contribution in [0.4, 0.5) is 0 Å². The van der Waals surface area contributed by atoms with E-state index in [4.69, 9.17) is 4.42 Å². The zero-order valence-corrected chi connectivity index (χ0v) is 23.2. The van der Waals surface area contributed by atoms with Crippen molar-refractivity contribution in [1.82, 2.24) is 0 Å². The van der Waals surface area contributed by atoms with E-state index in [1.165, 1.54) is 69.4 Å². The maximum absolute atomic E-state index is 12.4. The number of carbonyl (C=O) groups excluding carboxylic acids is 1. The Bertz CT molecular complexity index is 1200. The molecule has 0 aliphatic rings. The van der Waals surface area contributed by atoms with Gasteiger partial charge in [-0.05, 0) is 48.6 Å². The molecule has 1 aromatic heterocycles. The van der Waals surface area contributed by atoms with Crippen molar-refractivity contribution < 1.29 is 19.1 Å². The fourth-order valence-corrected chi connectivity index (χ4v) is 5.90. The van der Waals surface area contributed by atoms with E-state index in [9.17, 15) is 14.7 Å². The van der Waals surface area contributed by atoms with Crippen LogP contribution in [0.2, 0.25) is 0 Å². The number of unbranched alkanes of at least 4 members (excludes halogenated alkanes) is 6. The monoisotopic (exact) mass is 524 g/mol. The summed E-state index contributed by atoms with van der Waals surface area (Å²) in [6.45, 7) is 4.30. The smallest absolute Gasteiger partial charge is 0.374 e. The van der Waals surface area contributed by atoms with Gasteiger partial charge in [-0.25, -0.2) is 4.79 Å². The van der Waals surface area contributed by atoms with Crippen LogP contribution in [0.15, 0.2) is 62.6 Å². The normalized spacial score (nSPS) is 13.0. The zero-order valence-electron chi connectivity index (χ0n) is 22.4. The summed E-state index contributed by atoms with van der Waals surface area (Å²) in [6, 6.07) is 15.0. The molecule has 0 saturated carbocycles. The van der Waals surface area contributed by atoms with E-state index in [1.807, 2.05) is 6.07 Å². The van der Waals surface area contributed by atoms with Gasteiger partial charge < -0.3 is 14.3 Å². The minimum atomic E-state index is -1.01. The summed E-state index contributed by atoms with van der Waals surface area (Å²) in [6.07, 6.45) is 12.2. The van der Waals surface area contributed by atoms with E-state index in [-0.39, 0.29) is 11.2 Å². The Morgan fingerprint density at radius 1 is 0.919 bits per heavy atom. The molecule has 2 aromatic carbocycles. The third kappa shape index (κ3) is 8.75. The van der Waals surface area contributed by atoms with Gasteiger partial charge in [0, 0.05) is 17.4 Å². The molecule has 6 heteroatoms. The number of carbonyl (C=O) groups is 1. The molecule has 0 aliphatic heterocycles. The topological polar surface area (TPSA) is 76.7 Å². The van der Waals surface area contributed by atoms with Crippen molar-refractivity contribution in [3.63, 3.8) is 0 Å². The predicted octanol–water partition coefficient (Wildman–Crippen LogP) is 7.70. The largest absolute Gasteiger partial charge is 0.463 e. The molecular weight excluding hydrogens is 484 g/mol. The SMILES string of the molecule is CCCCCCCCCc1ccc(C[C@](O)(CCC)Sc2ccc3c(=O)cc(C(=O)OC)oc3c2)cc1. The summed E-state index contributed by atoms with van der Waals surface area (Å²) in [5.41, 5.74) is 2.42. The van der Waals surface area contributed by atoms with E-state index in [0.717, 1.165) is 29.4 Å². The maximum Gasteiger partial charge on any atom is 0.374 e. The number of rotatable bonds is 15. The van der Waals surface area contributed by atoms with Crippen LogP contribution in [0.1, 0.15) is 93.3 Å². The van der Waals surface area contributed by atoms with E-state index >= 15 is 0 Å². The fourth-order valence-electron chi connectivity index (χ4n) is 4.61. The molecule has 0 aliphatic carbocycles. The lowest BCUT2D eigenvalue weighted by Crippen LogP contribution is -2.27. The summed E-state index contributed by atoms with van der Waals surface area (Å²) in [5.74, 6) is -0.836. The minimum absolute atomic E-state index is 0.137. The first-order valence-electron chi connectivity index (χ1n) is 13.5. The van der Waals surface area contributed by atoms with Gasteiger partial charge in [0.15, 0.2) is 5.43 Å². The molecule has 1 heterocycles. The number of aryl methyl sites for hydroxylation is 1. The Balaban J connectivity index is 1.65. The van der Waals surface area contributed by atoms with Crippen molar-refractivity contribution in [2.24, 2.45) is 0 Å². The van der Waals surface area contributed by atoms with Crippen molar-refractivity contribution in [3.05, 3.63) is 75.6 Å². The van der Waals surface area contributed by atoms with Crippen molar-refractivity contribution in [1.29, 1.82) is 0 Å². The summed E-state index contributed by atoms with van der Waals surface area (Å²) in [7, 11) is 1.24. The molecule has 37 heavy (non-hydrogen) atoms. The number of hydrogen-bond acceptors (Lipinski definition) is 6. The Morgan fingerprint density at radius 3 is 2.27 bits per heavy atom. The van der Waals surface area contributed by atoms with Gasteiger partial charge in [-0.3, -0.25) is 4.79 Å². The van der Waals surface area contributed by atoms with Crippen LogP contribution >= 0.6 is 11.8 Å². The molecule has 3 rings (SSSR count). The Kier molecular flexibility index (Phi) is 11.3. The van der Waals surface area contributed by atoms with Gasteiger partial charge in [0.2, 0.25) is 5.76 Å². The van der Waals surface area contributed by atoms with Gasteiger partial charge in [-0.15, -0.1) is 0 Å². The number of hydrogen-bond donors (Lipinski definition) is 1. The quantitative estimate of drug-likeness (QED) is 0.0950. The van der Waals surface area contributed by atoms with Crippen LogP contribution in [0.5, 0.6) is 0 Å². The van der Waals surface area contributed by atoms with Crippen LogP contribution < -0.4 is 5.43 Å².